The molecule has 2 aromatic carbocycles. The number of ether oxygens (including phenoxy) is 1. The summed E-state index contributed by atoms with van der Waals surface area (Å²) < 4.78 is 5.85. The fraction of sp³-hybridized carbons (Fsp3) is 0.217. The molecule has 0 spiro atoms. The molecule has 29 heavy (non-hydrogen) atoms. The summed E-state index contributed by atoms with van der Waals surface area (Å²) in [7, 11) is 0. The van der Waals surface area contributed by atoms with Gasteiger partial charge in [0.1, 0.15) is 12.4 Å². The van der Waals surface area contributed by atoms with Gasteiger partial charge in [0.15, 0.2) is 0 Å². The molecule has 0 aliphatic heterocycles. The standard InChI is InChI=1S/C23H25N3O2.ClH/c1-17(20-8-6-10-21(14-20)26-18(2)27)25-15-19-7-5-11-23(13-19)28-16-22-9-3-4-12-24-22;/h3-14,17,25H,15-16H2,1-2H3,(H,26,27);1H. The van der Waals surface area contributed by atoms with Crippen LogP contribution in [0.5, 0.6) is 5.75 Å². The Balaban J connectivity index is 0.00000300. The van der Waals surface area contributed by atoms with E-state index in [0.29, 0.717) is 13.2 Å². The molecule has 0 saturated heterocycles. The lowest BCUT2D eigenvalue weighted by Gasteiger charge is -2.16. The topological polar surface area (TPSA) is 63.2 Å². The fourth-order valence-corrected chi connectivity index (χ4v) is 2.86. The van der Waals surface area contributed by atoms with Crippen molar-refractivity contribution in [3.8, 4) is 5.75 Å². The SMILES string of the molecule is CC(=O)Nc1cccc(C(C)NCc2cccc(OCc3ccccn3)c2)c1.Cl. The number of rotatable bonds is 8. The van der Waals surface area contributed by atoms with E-state index in [-0.39, 0.29) is 24.4 Å². The van der Waals surface area contributed by atoms with Crippen LogP contribution in [0.3, 0.4) is 0 Å². The molecule has 152 valence electrons. The number of anilines is 1. The van der Waals surface area contributed by atoms with Gasteiger partial charge in [-0.05, 0) is 54.4 Å². The van der Waals surface area contributed by atoms with Crippen molar-refractivity contribution in [2.45, 2.75) is 33.0 Å². The number of aromatic nitrogens is 1. The van der Waals surface area contributed by atoms with Crippen molar-refractivity contribution in [2.75, 3.05) is 5.32 Å². The Morgan fingerprint density at radius 3 is 2.66 bits per heavy atom. The van der Waals surface area contributed by atoms with E-state index in [1.165, 1.54) is 6.92 Å². The Hall–Kier alpha value is -2.89. The van der Waals surface area contributed by atoms with Gasteiger partial charge in [-0.15, -0.1) is 12.4 Å². The van der Waals surface area contributed by atoms with E-state index in [0.717, 1.165) is 28.3 Å². The van der Waals surface area contributed by atoms with Crippen LogP contribution >= 0.6 is 12.4 Å². The summed E-state index contributed by atoms with van der Waals surface area (Å²) >= 11 is 0. The summed E-state index contributed by atoms with van der Waals surface area (Å²) in [6.45, 7) is 4.78. The lowest BCUT2D eigenvalue weighted by Crippen LogP contribution is -2.18. The number of hydrogen-bond donors (Lipinski definition) is 2. The van der Waals surface area contributed by atoms with Crippen molar-refractivity contribution in [1.29, 1.82) is 0 Å². The molecule has 3 rings (SSSR count). The lowest BCUT2D eigenvalue weighted by molar-refractivity contribution is -0.114. The number of benzene rings is 2. The summed E-state index contributed by atoms with van der Waals surface area (Å²) in [6.07, 6.45) is 1.77. The minimum atomic E-state index is -0.0692. The maximum Gasteiger partial charge on any atom is 0.221 e. The molecule has 0 fully saturated rings. The third-order valence-electron chi connectivity index (χ3n) is 4.33. The third kappa shape index (κ3) is 7.22. The normalized spacial score (nSPS) is 11.2. The van der Waals surface area contributed by atoms with Gasteiger partial charge in [-0.1, -0.05) is 30.3 Å². The second-order valence-corrected chi connectivity index (χ2v) is 6.67. The molecule has 0 radical (unpaired) electrons. The first-order valence-electron chi connectivity index (χ1n) is 9.33. The number of carbonyl (C=O) groups excluding carboxylic acids is 1. The second kappa shape index (κ2) is 11.2. The van der Waals surface area contributed by atoms with E-state index < -0.39 is 0 Å². The van der Waals surface area contributed by atoms with Gasteiger partial charge < -0.3 is 15.4 Å². The van der Waals surface area contributed by atoms with Crippen LogP contribution in [0, 0.1) is 0 Å². The number of nitrogens with zero attached hydrogens (tertiary/aromatic N) is 1. The lowest BCUT2D eigenvalue weighted by atomic mass is 10.1. The van der Waals surface area contributed by atoms with Crippen molar-refractivity contribution in [2.24, 2.45) is 0 Å². The number of hydrogen-bond acceptors (Lipinski definition) is 4. The molecule has 0 saturated carbocycles. The molecule has 5 nitrogen and oxygen atoms in total. The molecular formula is C23H26ClN3O2. The first-order valence-corrected chi connectivity index (χ1v) is 9.33. The molecular weight excluding hydrogens is 386 g/mol. The van der Waals surface area contributed by atoms with Crippen molar-refractivity contribution in [3.63, 3.8) is 0 Å². The highest BCUT2D eigenvalue weighted by atomic mass is 35.5. The zero-order valence-corrected chi connectivity index (χ0v) is 17.4. The van der Waals surface area contributed by atoms with Crippen LogP contribution in [-0.2, 0) is 17.9 Å². The van der Waals surface area contributed by atoms with Crippen LogP contribution in [0.15, 0.2) is 72.9 Å². The largest absolute Gasteiger partial charge is 0.487 e. The Morgan fingerprint density at radius 1 is 1.07 bits per heavy atom. The predicted molar refractivity (Wildman–Crippen MR) is 118 cm³/mol. The summed E-state index contributed by atoms with van der Waals surface area (Å²) in [5, 5.41) is 6.34. The number of carbonyl (C=O) groups is 1. The number of nitrogens with one attached hydrogen (secondary N) is 2. The molecule has 1 unspecified atom stereocenters. The number of pyridine rings is 1. The Kier molecular flexibility index (Phi) is 8.65. The minimum absolute atomic E-state index is 0. The summed E-state index contributed by atoms with van der Waals surface area (Å²) in [5.74, 6) is 0.755. The number of amides is 1. The first-order chi connectivity index (χ1) is 13.6. The molecule has 1 aromatic heterocycles. The molecule has 0 aliphatic rings. The Bertz CT molecular complexity index is 919. The number of halogens is 1. The van der Waals surface area contributed by atoms with E-state index in [2.05, 4.69) is 34.7 Å². The average Bonchev–Trinajstić information content (AvgIpc) is 2.71. The monoisotopic (exact) mass is 411 g/mol. The van der Waals surface area contributed by atoms with Gasteiger partial charge in [0, 0.05) is 31.4 Å². The Morgan fingerprint density at radius 2 is 1.90 bits per heavy atom. The molecule has 1 atom stereocenters. The van der Waals surface area contributed by atoms with Gasteiger partial charge in [0.05, 0.1) is 5.69 Å². The van der Waals surface area contributed by atoms with Crippen molar-refractivity contribution in [3.05, 3.63) is 89.7 Å². The van der Waals surface area contributed by atoms with Gasteiger partial charge in [-0.3, -0.25) is 9.78 Å². The minimum Gasteiger partial charge on any atom is -0.487 e. The molecule has 0 bridgehead atoms. The molecule has 2 N–H and O–H groups in total. The van der Waals surface area contributed by atoms with Gasteiger partial charge in [0.25, 0.3) is 0 Å². The van der Waals surface area contributed by atoms with Crippen LogP contribution in [0.2, 0.25) is 0 Å². The van der Waals surface area contributed by atoms with Gasteiger partial charge in [-0.25, -0.2) is 0 Å². The van der Waals surface area contributed by atoms with Gasteiger partial charge in [0.2, 0.25) is 5.91 Å². The molecule has 3 aromatic rings. The van der Waals surface area contributed by atoms with Crippen LogP contribution in [0.1, 0.15) is 36.7 Å². The highest BCUT2D eigenvalue weighted by Gasteiger charge is 2.07. The summed E-state index contributed by atoms with van der Waals surface area (Å²) in [5.41, 5.74) is 3.97. The van der Waals surface area contributed by atoms with E-state index in [1.54, 1.807) is 6.20 Å². The van der Waals surface area contributed by atoms with Crippen LogP contribution in [0.25, 0.3) is 0 Å². The van der Waals surface area contributed by atoms with E-state index in [1.807, 2.05) is 54.6 Å². The van der Waals surface area contributed by atoms with E-state index >= 15 is 0 Å². The zero-order chi connectivity index (χ0) is 19.8. The first kappa shape index (κ1) is 22.4. The highest BCUT2D eigenvalue weighted by Crippen LogP contribution is 2.19. The van der Waals surface area contributed by atoms with Crippen molar-refractivity contribution in [1.82, 2.24) is 10.3 Å². The van der Waals surface area contributed by atoms with Crippen LogP contribution in [0.4, 0.5) is 5.69 Å². The summed E-state index contributed by atoms with van der Waals surface area (Å²) in [6, 6.07) is 21.9. The quantitative estimate of drug-likeness (QED) is 0.553. The van der Waals surface area contributed by atoms with Crippen LogP contribution in [-0.4, -0.2) is 10.9 Å². The summed E-state index contributed by atoms with van der Waals surface area (Å²) in [4.78, 5) is 15.5. The van der Waals surface area contributed by atoms with E-state index in [9.17, 15) is 4.79 Å². The van der Waals surface area contributed by atoms with Crippen LogP contribution < -0.4 is 15.4 Å². The predicted octanol–water partition coefficient (Wildman–Crippen LogP) is 4.89. The fourth-order valence-electron chi connectivity index (χ4n) is 2.86. The zero-order valence-electron chi connectivity index (χ0n) is 16.6. The third-order valence-corrected chi connectivity index (χ3v) is 4.33. The van der Waals surface area contributed by atoms with Gasteiger partial charge >= 0.3 is 0 Å². The van der Waals surface area contributed by atoms with Crippen molar-refractivity contribution >= 4 is 24.0 Å². The molecule has 1 heterocycles. The molecule has 1 amide bonds. The second-order valence-electron chi connectivity index (χ2n) is 6.67. The Labute approximate surface area is 177 Å². The maximum absolute atomic E-state index is 11.2. The maximum atomic E-state index is 11.2. The molecule has 6 heteroatoms. The molecule has 0 aliphatic carbocycles. The van der Waals surface area contributed by atoms with Gasteiger partial charge in [-0.2, -0.15) is 0 Å². The smallest absolute Gasteiger partial charge is 0.221 e. The van der Waals surface area contributed by atoms with E-state index in [4.69, 9.17) is 4.74 Å². The highest BCUT2D eigenvalue weighted by molar-refractivity contribution is 5.88. The van der Waals surface area contributed by atoms with Crippen molar-refractivity contribution < 1.29 is 9.53 Å². The average molecular weight is 412 g/mol.